The lowest BCUT2D eigenvalue weighted by atomic mass is 9.88. The van der Waals surface area contributed by atoms with Gasteiger partial charge in [-0.15, -0.1) is 0 Å². The van der Waals surface area contributed by atoms with E-state index in [1.54, 1.807) is 0 Å². The van der Waals surface area contributed by atoms with Gasteiger partial charge in [0.25, 0.3) is 0 Å². The molecule has 1 N–H and O–H groups in total. The minimum atomic E-state index is 0.543. The maximum Gasteiger partial charge on any atom is 0.0343 e. The van der Waals surface area contributed by atoms with Crippen LogP contribution in [-0.4, -0.2) is 6.54 Å². The number of aryl methyl sites for hydroxylation is 1. The quantitative estimate of drug-likeness (QED) is 0.767. The average molecular weight is 267 g/mol. The second-order valence-electron chi connectivity index (χ2n) is 5.70. The topological polar surface area (TPSA) is 12.0 Å². The van der Waals surface area contributed by atoms with Gasteiger partial charge >= 0.3 is 0 Å². The van der Waals surface area contributed by atoms with Gasteiger partial charge in [-0.05, 0) is 35.6 Å². The van der Waals surface area contributed by atoms with Crippen molar-refractivity contribution < 1.29 is 0 Å². The van der Waals surface area contributed by atoms with Crippen LogP contribution in [0.1, 0.15) is 37.8 Å². The SMILES string of the molecule is CCc1cccc(NCC(c2ccccc2)C(C)C)c1. The van der Waals surface area contributed by atoms with Crippen LogP contribution >= 0.6 is 0 Å². The first-order chi connectivity index (χ1) is 9.70. The summed E-state index contributed by atoms with van der Waals surface area (Å²) in [7, 11) is 0. The predicted octanol–water partition coefficient (Wildman–Crippen LogP) is 5.10. The van der Waals surface area contributed by atoms with E-state index in [9.17, 15) is 0 Å². The number of benzene rings is 2. The lowest BCUT2D eigenvalue weighted by Gasteiger charge is -2.22. The maximum atomic E-state index is 3.60. The van der Waals surface area contributed by atoms with Gasteiger partial charge in [0.1, 0.15) is 0 Å². The standard InChI is InChI=1S/C19H25N/c1-4-16-9-8-12-18(13-16)20-14-19(15(2)3)17-10-6-5-7-11-17/h5-13,15,19-20H,4,14H2,1-3H3. The van der Waals surface area contributed by atoms with E-state index in [1.807, 2.05) is 0 Å². The summed E-state index contributed by atoms with van der Waals surface area (Å²) >= 11 is 0. The zero-order valence-electron chi connectivity index (χ0n) is 12.8. The Bertz CT molecular complexity index is 516. The summed E-state index contributed by atoms with van der Waals surface area (Å²) in [6.07, 6.45) is 1.09. The van der Waals surface area contributed by atoms with Crippen molar-refractivity contribution in [2.75, 3.05) is 11.9 Å². The van der Waals surface area contributed by atoms with Crippen LogP contribution in [0.15, 0.2) is 54.6 Å². The number of nitrogens with one attached hydrogen (secondary N) is 1. The molecule has 0 amide bonds. The number of hydrogen-bond donors (Lipinski definition) is 1. The maximum absolute atomic E-state index is 3.60. The van der Waals surface area contributed by atoms with Crippen molar-refractivity contribution in [3.63, 3.8) is 0 Å². The van der Waals surface area contributed by atoms with Crippen LogP contribution in [0, 0.1) is 5.92 Å². The van der Waals surface area contributed by atoms with Gasteiger partial charge in [0.05, 0.1) is 0 Å². The second-order valence-corrected chi connectivity index (χ2v) is 5.70. The Hall–Kier alpha value is -1.76. The molecule has 2 aromatic rings. The summed E-state index contributed by atoms with van der Waals surface area (Å²) in [4.78, 5) is 0. The highest BCUT2D eigenvalue weighted by Crippen LogP contribution is 2.25. The lowest BCUT2D eigenvalue weighted by Crippen LogP contribution is -2.17. The zero-order valence-corrected chi connectivity index (χ0v) is 12.8. The Balaban J connectivity index is 2.06. The molecule has 0 saturated carbocycles. The van der Waals surface area contributed by atoms with E-state index in [1.165, 1.54) is 16.8 Å². The van der Waals surface area contributed by atoms with Gasteiger partial charge in [-0.1, -0.05) is 63.2 Å². The minimum Gasteiger partial charge on any atom is -0.384 e. The fraction of sp³-hybridized carbons (Fsp3) is 0.368. The fourth-order valence-corrected chi connectivity index (χ4v) is 2.57. The van der Waals surface area contributed by atoms with Crippen LogP contribution in [0.2, 0.25) is 0 Å². The van der Waals surface area contributed by atoms with E-state index >= 15 is 0 Å². The summed E-state index contributed by atoms with van der Waals surface area (Å²) < 4.78 is 0. The summed E-state index contributed by atoms with van der Waals surface area (Å²) in [6.45, 7) is 7.76. The molecule has 0 spiro atoms. The van der Waals surface area contributed by atoms with Crippen molar-refractivity contribution >= 4 is 5.69 Å². The normalized spacial score (nSPS) is 12.4. The first-order valence-corrected chi connectivity index (χ1v) is 7.58. The summed E-state index contributed by atoms with van der Waals surface area (Å²) in [5, 5.41) is 3.60. The molecule has 1 unspecified atom stereocenters. The van der Waals surface area contributed by atoms with E-state index in [2.05, 4.69) is 80.7 Å². The molecule has 0 aliphatic rings. The van der Waals surface area contributed by atoms with Crippen molar-refractivity contribution in [2.24, 2.45) is 5.92 Å². The molecule has 2 aromatic carbocycles. The van der Waals surface area contributed by atoms with Gasteiger partial charge in [0.15, 0.2) is 0 Å². The Labute approximate surface area is 123 Å². The van der Waals surface area contributed by atoms with E-state index in [0.29, 0.717) is 11.8 Å². The van der Waals surface area contributed by atoms with Gasteiger partial charge in [0.2, 0.25) is 0 Å². The van der Waals surface area contributed by atoms with E-state index in [-0.39, 0.29) is 0 Å². The second kappa shape index (κ2) is 7.14. The Morgan fingerprint density at radius 3 is 2.35 bits per heavy atom. The third-order valence-electron chi connectivity index (χ3n) is 3.89. The molecule has 1 nitrogen and oxygen atoms in total. The fourth-order valence-electron chi connectivity index (χ4n) is 2.57. The van der Waals surface area contributed by atoms with Crippen LogP contribution in [0.5, 0.6) is 0 Å². The monoisotopic (exact) mass is 267 g/mol. The summed E-state index contributed by atoms with van der Waals surface area (Å²) in [5.74, 6) is 1.17. The molecule has 0 saturated heterocycles. The summed E-state index contributed by atoms with van der Waals surface area (Å²) in [5.41, 5.74) is 4.03. The highest BCUT2D eigenvalue weighted by atomic mass is 14.9. The Morgan fingerprint density at radius 1 is 0.950 bits per heavy atom. The molecular weight excluding hydrogens is 242 g/mol. The van der Waals surface area contributed by atoms with Crippen molar-refractivity contribution in [1.29, 1.82) is 0 Å². The van der Waals surface area contributed by atoms with E-state index in [0.717, 1.165) is 13.0 Å². The molecule has 0 aliphatic heterocycles. The first kappa shape index (κ1) is 14.6. The molecule has 1 heteroatoms. The van der Waals surface area contributed by atoms with Crippen LogP contribution in [0.4, 0.5) is 5.69 Å². The molecule has 0 heterocycles. The van der Waals surface area contributed by atoms with Gasteiger partial charge in [-0.25, -0.2) is 0 Å². The van der Waals surface area contributed by atoms with Crippen molar-refractivity contribution in [3.8, 4) is 0 Å². The first-order valence-electron chi connectivity index (χ1n) is 7.58. The van der Waals surface area contributed by atoms with Gasteiger partial charge < -0.3 is 5.32 Å². The number of rotatable bonds is 6. The third-order valence-corrected chi connectivity index (χ3v) is 3.89. The highest BCUT2D eigenvalue weighted by Gasteiger charge is 2.15. The smallest absolute Gasteiger partial charge is 0.0343 e. The molecule has 0 fully saturated rings. The molecule has 2 rings (SSSR count). The Morgan fingerprint density at radius 2 is 1.70 bits per heavy atom. The van der Waals surface area contributed by atoms with Crippen LogP contribution in [0.25, 0.3) is 0 Å². The molecule has 0 aromatic heterocycles. The largest absolute Gasteiger partial charge is 0.384 e. The van der Waals surface area contributed by atoms with Crippen molar-refractivity contribution in [1.82, 2.24) is 0 Å². The molecule has 106 valence electrons. The van der Waals surface area contributed by atoms with E-state index < -0.39 is 0 Å². The van der Waals surface area contributed by atoms with Crippen molar-refractivity contribution in [2.45, 2.75) is 33.1 Å². The van der Waals surface area contributed by atoms with Gasteiger partial charge in [0, 0.05) is 18.2 Å². The average Bonchev–Trinajstić information content (AvgIpc) is 2.48. The predicted molar refractivity (Wildman–Crippen MR) is 88.3 cm³/mol. The van der Waals surface area contributed by atoms with Crippen LogP contribution in [0.3, 0.4) is 0 Å². The molecule has 0 aliphatic carbocycles. The van der Waals surface area contributed by atoms with Gasteiger partial charge in [-0.2, -0.15) is 0 Å². The molecule has 0 radical (unpaired) electrons. The molecule has 1 atom stereocenters. The summed E-state index contributed by atoms with van der Waals surface area (Å²) in [6, 6.07) is 19.5. The van der Waals surface area contributed by atoms with E-state index in [4.69, 9.17) is 0 Å². The van der Waals surface area contributed by atoms with Gasteiger partial charge in [-0.3, -0.25) is 0 Å². The highest BCUT2D eigenvalue weighted by molar-refractivity contribution is 5.46. The Kier molecular flexibility index (Phi) is 5.23. The molecular formula is C19H25N. The van der Waals surface area contributed by atoms with Crippen LogP contribution < -0.4 is 5.32 Å². The third kappa shape index (κ3) is 3.86. The molecule has 0 bridgehead atoms. The number of anilines is 1. The lowest BCUT2D eigenvalue weighted by molar-refractivity contribution is 0.517. The zero-order chi connectivity index (χ0) is 14.4. The van der Waals surface area contributed by atoms with Crippen molar-refractivity contribution in [3.05, 3.63) is 65.7 Å². The van der Waals surface area contributed by atoms with Crippen LogP contribution in [-0.2, 0) is 6.42 Å². The molecule has 20 heavy (non-hydrogen) atoms. The minimum absolute atomic E-state index is 0.543. The number of hydrogen-bond acceptors (Lipinski definition) is 1.